The Morgan fingerprint density at radius 3 is 2.68 bits per heavy atom. The fourth-order valence-corrected chi connectivity index (χ4v) is 4.45. The van der Waals surface area contributed by atoms with Crippen molar-refractivity contribution in [1.82, 2.24) is 4.31 Å². The van der Waals surface area contributed by atoms with Gasteiger partial charge in [-0.3, -0.25) is 0 Å². The van der Waals surface area contributed by atoms with Gasteiger partial charge < -0.3 is 5.73 Å². The zero-order valence-electron chi connectivity index (χ0n) is 10.7. The van der Waals surface area contributed by atoms with Crippen molar-refractivity contribution in [2.75, 3.05) is 13.1 Å². The highest BCUT2D eigenvalue weighted by molar-refractivity contribution is 9.10. The molecule has 0 unspecified atom stereocenters. The molecule has 0 amide bonds. The number of benzene rings is 1. The lowest BCUT2D eigenvalue weighted by Gasteiger charge is -2.30. The van der Waals surface area contributed by atoms with E-state index in [1.165, 1.54) is 4.31 Å². The van der Waals surface area contributed by atoms with E-state index in [9.17, 15) is 8.42 Å². The predicted octanol–water partition coefficient (Wildman–Crippen LogP) is 2.29. The standard InChI is InChI=1S/C12H17BrN2O2S.ClH/c1-9-7-10(13)4-5-12(9)18(16,17)15-6-2-3-11(14)8-15;/h4-5,7,11H,2-3,6,8,14H2,1H3;1H/t11-;/m1./s1. The minimum atomic E-state index is -3.41. The molecule has 0 bridgehead atoms. The Kier molecular flexibility index (Phi) is 5.82. The Balaban J connectivity index is 0.00000180. The second-order valence-corrected chi connectivity index (χ2v) is 7.50. The predicted molar refractivity (Wildman–Crippen MR) is 82.1 cm³/mol. The summed E-state index contributed by atoms with van der Waals surface area (Å²) in [5.74, 6) is 0. The monoisotopic (exact) mass is 368 g/mol. The summed E-state index contributed by atoms with van der Waals surface area (Å²) in [5.41, 5.74) is 6.60. The number of piperidine rings is 1. The van der Waals surface area contributed by atoms with E-state index in [0.717, 1.165) is 22.9 Å². The summed E-state index contributed by atoms with van der Waals surface area (Å²) in [7, 11) is -3.41. The Morgan fingerprint density at radius 2 is 2.11 bits per heavy atom. The maximum Gasteiger partial charge on any atom is 0.243 e. The van der Waals surface area contributed by atoms with Gasteiger partial charge in [-0.05, 0) is 43.5 Å². The highest BCUT2D eigenvalue weighted by atomic mass is 79.9. The minimum absolute atomic E-state index is 0. The number of sulfonamides is 1. The molecule has 2 rings (SSSR count). The van der Waals surface area contributed by atoms with Gasteiger partial charge in [-0.25, -0.2) is 8.42 Å². The Labute approximate surface area is 128 Å². The first kappa shape index (κ1) is 16.9. The van der Waals surface area contributed by atoms with E-state index in [0.29, 0.717) is 18.0 Å². The molecular weight excluding hydrogens is 352 g/mol. The number of hydrogen-bond donors (Lipinski definition) is 1. The van der Waals surface area contributed by atoms with Crippen LogP contribution in [-0.2, 0) is 10.0 Å². The summed E-state index contributed by atoms with van der Waals surface area (Å²) < 4.78 is 27.4. The fraction of sp³-hybridized carbons (Fsp3) is 0.500. The molecule has 1 fully saturated rings. The van der Waals surface area contributed by atoms with Crippen molar-refractivity contribution >= 4 is 38.4 Å². The van der Waals surface area contributed by atoms with Crippen LogP contribution in [0.4, 0.5) is 0 Å². The van der Waals surface area contributed by atoms with Crippen molar-refractivity contribution in [3.63, 3.8) is 0 Å². The lowest BCUT2D eigenvalue weighted by Crippen LogP contribution is -2.45. The van der Waals surface area contributed by atoms with Gasteiger partial charge in [-0.15, -0.1) is 12.4 Å². The number of aryl methyl sites for hydroxylation is 1. The Bertz CT molecular complexity index is 551. The molecule has 2 N–H and O–H groups in total. The maximum absolute atomic E-state index is 12.5. The first-order valence-electron chi connectivity index (χ1n) is 5.93. The number of halogens is 2. The number of nitrogens with two attached hydrogens (primary N) is 1. The Hall–Kier alpha value is -0.140. The molecule has 0 saturated carbocycles. The number of rotatable bonds is 2. The van der Waals surface area contributed by atoms with E-state index in [4.69, 9.17) is 5.73 Å². The molecule has 0 spiro atoms. The molecular formula is C12H18BrClN2O2S. The third-order valence-corrected chi connectivity index (χ3v) is 5.69. The molecule has 4 nitrogen and oxygen atoms in total. The van der Waals surface area contributed by atoms with Gasteiger partial charge in [0.05, 0.1) is 4.90 Å². The first-order chi connectivity index (χ1) is 8.41. The van der Waals surface area contributed by atoms with Crippen molar-refractivity contribution in [1.29, 1.82) is 0 Å². The van der Waals surface area contributed by atoms with E-state index in [1.807, 2.05) is 13.0 Å². The third-order valence-electron chi connectivity index (χ3n) is 3.18. The van der Waals surface area contributed by atoms with Gasteiger partial charge in [0.1, 0.15) is 0 Å². The highest BCUT2D eigenvalue weighted by Crippen LogP contribution is 2.25. The molecule has 0 aromatic heterocycles. The van der Waals surface area contributed by atoms with Gasteiger partial charge in [0.25, 0.3) is 0 Å². The first-order valence-corrected chi connectivity index (χ1v) is 8.16. The zero-order chi connectivity index (χ0) is 13.3. The van der Waals surface area contributed by atoms with Gasteiger partial charge in [0.2, 0.25) is 10.0 Å². The van der Waals surface area contributed by atoms with Gasteiger partial charge >= 0.3 is 0 Å². The van der Waals surface area contributed by atoms with Crippen LogP contribution in [0.1, 0.15) is 18.4 Å². The number of nitrogens with zero attached hydrogens (tertiary/aromatic N) is 1. The minimum Gasteiger partial charge on any atom is -0.327 e. The number of hydrogen-bond acceptors (Lipinski definition) is 3. The molecule has 0 radical (unpaired) electrons. The second-order valence-electron chi connectivity index (χ2n) is 4.68. The molecule has 108 valence electrons. The quantitative estimate of drug-likeness (QED) is 0.870. The van der Waals surface area contributed by atoms with Crippen LogP contribution in [0, 0.1) is 6.92 Å². The molecule has 1 aliphatic heterocycles. The van der Waals surface area contributed by atoms with Crippen LogP contribution in [0.2, 0.25) is 0 Å². The van der Waals surface area contributed by atoms with Crippen LogP contribution in [0.5, 0.6) is 0 Å². The summed E-state index contributed by atoms with van der Waals surface area (Å²) in [4.78, 5) is 0.375. The second kappa shape index (κ2) is 6.54. The largest absolute Gasteiger partial charge is 0.327 e. The van der Waals surface area contributed by atoms with E-state index >= 15 is 0 Å². The van der Waals surface area contributed by atoms with E-state index < -0.39 is 10.0 Å². The van der Waals surface area contributed by atoms with Gasteiger partial charge in [-0.1, -0.05) is 15.9 Å². The van der Waals surface area contributed by atoms with Crippen molar-refractivity contribution in [2.24, 2.45) is 5.73 Å². The summed E-state index contributed by atoms with van der Waals surface area (Å²) in [6, 6.07) is 5.17. The SMILES string of the molecule is Cc1cc(Br)ccc1S(=O)(=O)N1CCC[C@@H](N)C1.Cl. The lowest BCUT2D eigenvalue weighted by molar-refractivity contribution is 0.316. The van der Waals surface area contributed by atoms with Crippen molar-refractivity contribution in [3.8, 4) is 0 Å². The lowest BCUT2D eigenvalue weighted by atomic mass is 10.1. The smallest absolute Gasteiger partial charge is 0.243 e. The van der Waals surface area contributed by atoms with Crippen LogP contribution >= 0.6 is 28.3 Å². The average Bonchev–Trinajstić information content (AvgIpc) is 2.28. The molecule has 7 heteroatoms. The van der Waals surface area contributed by atoms with Crippen molar-refractivity contribution < 1.29 is 8.42 Å². The molecule has 1 aromatic carbocycles. The summed E-state index contributed by atoms with van der Waals surface area (Å²) in [5, 5.41) is 0. The molecule has 1 saturated heterocycles. The van der Waals surface area contributed by atoms with Crippen molar-refractivity contribution in [2.45, 2.75) is 30.7 Å². The normalized spacial score (nSPS) is 20.9. The van der Waals surface area contributed by atoms with E-state index in [1.54, 1.807) is 12.1 Å². The topological polar surface area (TPSA) is 63.4 Å². The van der Waals surface area contributed by atoms with Crippen LogP contribution in [-0.4, -0.2) is 31.9 Å². The average molecular weight is 370 g/mol. The van der Waals surface area contributed by atoms with Gasteiger partial charge in [0.15, 0.2) is 0 Å². The van der Waals surface area contributed by atoms with Crippen LogP contribution in [0.15, 0.2) is 27.6 Å². The Morgan fingerprint density at radius 1 is 1.42 bits per heavy atom. The molecule has 1 aliphatic rings. The van der Waals surface area contributed by atoms with E-state index in [2.05, 4.69) is 15.9 Å². The molecule has 1 aromatic rings. The third kappa shape index (κ3) is 3.70. The van der Waals surface area contributed by atoms with Crippen molar-refractivity contribution in [3.05, 3.63) is 28.2 Å². The van der Waals surface area contributed by atoms with Crippen LogP contribution in [0.3, 0.4) is 0 Å². The summed E-state index contributed by atoms with van der Waals surface area (Å²) in [6.07, 6.45) is 1.72. The highest BCUT2D eigenvalue weighted by Gasteiger charge is 2.29. The van der Waals surface area contributed by atoms with Crippen LogP contribution < -0.4 is 5.73 Å². The summed E-state index contributed by atoms with van der Waals surface area (Å²) in [6.45, 7) is 2.78. The fourth-order valence-electron chi connectivity index (χ4n) is 2.23. The molecule has 1 atom stereocenters. The van der Waals surface area contributed by atoms with E-state index in [-0.39, 0.29) is 18.4 Å². The molecule has 1 heterocycles. The maximum atomic E-state index is 12.5. The van der Waals surface area contributed by atoms with Crippen LogP contribution in [0.25, 0.3) is 0 Å². The molecule has 0 aliphatic carbocycles. The summed E-state index contributed by atoms with van der Waals surface area (Å²) >= 11 is 3.34. The molecule has 19 heavy (non-hydrogen) atoms. The zero-order valence-corrected chi connectivity index (χ0v) is 13.9. The van der Waals surface area contributed by atoms with Gasteiger partial charge in [0, 0.05) is 23.6 Å². The van der Waals surface area contributed by atoms with Gasteiger partial charge in [-0.2, -0.15) is 4.31 Å².